The van der Waals surface area contributed by atoms with E-state index in [4.69, 9.17) is 0 Å². The Morgan fingerprint density at radius 1 is 1.42 bits per heavy atom. The van der Waals surface area contributed by atoms with Crippen LogP contribution in [-0.4, -0.2) is 0 Å². The Balaban J connectivity index is 2.30. The van der Waals surface area contributed by atoms with E-state index in [9.17, 15) is 0 Å². The zero-order chi connectivity index (χ0) is 8.77. The van der Waals surface area contributed by atoms with Crippen LogP contribution in [0.5, 0.6) is 0 Å². The average molecular weight is 162 g/mol. The largest absolute Gasteiger partial charge is 0.0783 e. The van der Waals surface area contributed by atoms with Crippen molar-refractivity contribution in [3.63, 3.8) is 0 Å². The molecule has 0 heteroatoms. The minimum Gasteiger partial charge on any atom is -0.0783 e. The fraction of sp³-hybridized carbons (Fsp3) is 0.667. The minimum absolute atomic E-state index is 0.412. The molecule has 0 aromatic heterocycles. The number of allylic oxidation sites excluding steroid dienone is 4. The second-order valence-corrected chi connectivity index (χ2v) is 5.02. The molecule has 0 aromatic carbocycles. The van der Waals surface area contributed by atoms with Gasteiger partial charge in [-0.05, 0) is 30.1 Å². The van der Waals surface area contributed by atoms with Gasteiger partial charge < -0.3 is 0 Å². The zero-order valence-electron chi connectivity index (χ0n) is 8.30. The van der Waals surface area contributed by atoms with Crippen molar-refractivity contribution in [3.8, 4) is 0 Å². The highest BCUT2D eigenvalue weighted by Crippen LogP contribution is 2.48. The Hall–Kier alpha value is -0.520. The topological polar surface area (TPSA) is 0 Å². The van der Waals surface area contributed by atoms with E-state index in [0.29, 0.717) is 5.41 Å². The molecule has 2 unspecified atom stereocenters. The maximum absolute atomic E-state index is 2.37. The molecular weight excluding hydrogens is 144 g/mol. The van der Waals surface area contributed by atoms with Crippen molar-refractivity contribution in [1.29, 1.82) is 0 Å². The van der Waals surface area contributed by atoms with E-state index in [1.165, 1.54) is 12.8 Å². The van der Waals surface area contributed by atoms with Gasteiger partial charge in [-0.2, -0.15) is 0 Å². The molecule has 0 bridgehead atoms. The van der Waals surface area contributed by atoms with E-state index < -0.39 is 0 Å². The summed E-state index contributed by atoms with van der Waals surface area (Å²) in [6.07, 6.45) is 9.66. The van der Waals surface area contributed by atoms with E-state index >= 15 is 0 Å². The van der Waals surface area contributed by atoms with Crippen LogP contribution >= 0.6 is 0 Å². The molecule has 2 rings (SSSR count). The van der Waals surface area contributed by atoms with Crippen molar-refractivity contribution in [1.82, 2.24) is 0 Å². The van der Waals surface area contributed by atoms with Crippen molar-refractivity contribution in [2.45, 2.75) is 33.6 Å². The predicted octanol–water partition coefficient (Wildman–Crippen LogP) is 3.55. The molecule has 0 aromatic rings. The first kappa shape index (κ1) is 8.10. The molecule has 0 spiro atoms. The van der Waals surface area contributed by atoms with Gasteiger partial charge in [0.2, 0.25) is 0 Å². The Morgan fingerprint density at radius 2 is 2.17 bits per heavy atom. The van der Waals surface area contributed by atoms with Gasteiger partial charge in [-0.15, -0.1) is 0 Å². The molecule has 1 fully saturated rings. The monoisotopic (exact) mass is 162 g/mol. The van der Waals surface area contributed by atoms with Crippen molar-refractivity contribution in [2.24, 2.45) is 17.3 Å². The summed E-state index contributed by atoms with van der Waals surface area (Å²) in [6.45, 7) is 7.09. The third-order valence-corrected chi connectivity index (χ3v) is 3.40. The molecule has 0 N–H and O–H groups in total. The normalized spacial score (nSPS) is 37.8. The molecule has 2 aliphatic rings. The smallest absolute Gasteiger partial charge is 0.0106 e. The molecular formula is C12H18. The molecule has 0 nitrogen and oxygen atoms in total. The third-order valence-electron chi connectivity index (χ3n) is 3.40. The summed E-state index contributed by atoms with van der Waals surface area (Å²) < 4.78 is 0. The quantitative estimate of drug-likeness (QED) is 0.511. The summed E-state index contributed by atoms with van der Waals surface area (Å²) in [7, 11) is 0. The highest BCUT2D eigenvalue weighted by Gasteiger charge is 2.37. The van der Waals surface area contributed by atoms with Crippen LogP contribution in [0.4, 0.5) is 0 Å². The molecule has 66 valence electrons. The van der Waals surface area contributed by atoms with Gasteiger partial charge in [-0.3, -0.25) is 0 Å². The number of rotatable bonds is 0. The predicted molar refractivity (Wildman–Crippen MR) is 52.9 cm³/mol. The maximum Gasteiger partial charge on any atom is -0.0106 e. The lowest BCUT2D eigenvalue weighted by Crippen LogP contribution is -2.22. The molecule has 0 amide bonds. The van der Waals surface area contributed by atoms with Crippen LogP contribution < -0.4 is 0 Å². The van der Waals surface area contributed by atoms with E-state index in [1.807, 2.05) is 0 Å². The van der Waals surface area contributed by atoms with Crippen molar-refractivity contribution >= 4 is 0 Å². The molecule has 2 atom stereocenters. The molecule has 2 aliphatic carbocycles. The first-order chi connectivity index (χ1) is 5.59. The van der Waals surface area contributed by atoms with Gasteiger partial charge in [0.25, 0.3) is 0 Å². The lowest BCUT2D eigenvalue weighted by molar-refractivity contribution is 0.315. The highest BCUT2D eigenvalue weighted by molar-refractivity contribution is 5.29. The number of fused-ring (bicyclic) bond motifs is 1. The zero-order valence-corrected chi connectivity index (χ0v) is 8.30. The van der Waals surface area contributed by atoms with E-state index in [0.717, 1.165) is 11.8 Å². The standard InChI is InChI=1S/C12H18/c1-9-7-10-5-4-6-12(2,3)11(10)8-9/h4-6,9,11H,7-8H2,1-3H3. The van der Waals surface area contributed by atoms with Crippen LogP contribution in [0.15, 0.2) is 23.8 Å². The van der Waals surface area contributed by atoms with Crippen LogP contribution in [0.2, 0.25) is 0 Å². The summed E-state index contributed by atoms with van der Waals surface area (Å²) >= 11 is 0. The van der Waals surface area contributed by atoms with E-state index in [1.54, 1.807) is 5.57 Å². The van der Waals surface area contributed by atoms with Crippen molar-refractivity contribution < 1.29 is 0 Å². The van der Waals surface area contributed by atoms with Crippen molar-refractivity contribution in [2.75, 3.05) is 0 Å². The number of hydrogen-bond acceptors (Lipinski definition) is 0. The van der Waals surface area contributed by atoms with Crippen LogP contribution in [0, 0.1) is 17.3 Å². The highest BCUT2D eigenvalue weighted by atomic mass is 14.4. The van der Waals surface area contributed by atoms with Crippen LogP contribution in [0.1, 0.15) is 33.6 Å². The Morgan fingerprint density at radius 3 is 2.83 bits per heavy atom. The summed E-state index contributed by atoms with van der Waals surface area (Å²) in [5, 5.41) is 0. The van der Waals surface area contributed by atoms with Gasteiger partial charge in [0.1, 0.15) is 0 Å². The third kappa shape index (κ3) is 1.14. The molecule has 0 aliphatic heterocycles. The number of hydrogen-bond donors (Lipinski definition) is 0. The Kier molecular flexibility index (Phi) is 1.67. The van der Waals surface area contributed by atoms with Crippen LogP contribution in [-0.2, 0) is 0 Å². The maximum atomic E-state index is 2.37. The second kappa shape index (κ2) is 2.48. The average Bonchev–Trinajstić information content (AvgIpc) is 2.30. The van der Waals surface area contributed by atoms with E-state index in [2.05, 4.69) is 39.0 Å². The fourth-order valence-electron chi connectivity index (χ4n) is 2.68. The Labute approximate surface area is 75.4 Å². The van der Waals surface area contributed by atoms with Gasteiger partial charge in [0.05, 0.1) is 0 Å². The lowest BCUT2D eigenvalue weighted by atomic mass is 9.73. The van der Waals surface area contributed by atoms with E-state index in [-0.39, 0.29) is 0 Å². The van der Waals surface area contributed by atoms with Gasteiger partial charge in [0.15, 0.2) is 0 Å². The molecule has 0 heterocycles. The van der Waals surface area contributed by atoms with Gasteiger partial charge in [-0.25, -0.2) is 0 Å². The van der Waals surface area contributed by atoms with Gasteiger partial charge >= 0.3 is 0 Å². The molecule has 0 radical (unpaired) electrons. The summed E-state index contributed by atoms with van der Waals surface area (Å²) in [4.78, 5) is 0. The SMILES string of the molecule is CC1CC2=CC=CC(C)(C)C2C1. The lowest BCUT2D eigenvalue weighted by Gasteiger charge is -2.32. The van der Waals surface area contributed by atoms with Crippen LogP contribution in [0.25, 0.3) is 0 Å². The van der Waals surface area contributed by atoms with Crippen molar-refractivity contribution in [3.05, 3.63) is 23.8 Å². The summed E-state index contributed by atoms with van der Waals surface area (Å²) in [5.41, 5.74) is 2.10. The molecule has 12 heavy (non-hydrogen) atoms. The van der Waals surface area contributed by atoms with Gasteiger partial charge in [-0.1, -0.05) is 44.6 Å². The first-order valence-electron chi connectivity index (χ1n) is 4.98. The Bertz CT molecular complexity index is 243. The first-order valence-corrected chi connectivity index (χ1v) is 4.98. The summed E-state index contributed by atoms with van der Waals surface area (Å²) in [6, 6.07) is 0. The van der Waals surface area contributed by atoms with Gasteiger partial charge in [0, 0.05) is 0 Å². The fourth-order valence-corrected chi connectivity index (χ4v) is 2.68. The molecule has 0 saturated heterocycles. The molecule has 1 saturated carbocycles. The minimum atomic E-state index is 0.412. The summed E-state index contributed by atoms with van der Waals surface area (Å²) in [5.74, 6) is 1.73. The second-order valence-electron chi connectivity index (χ2n) is 5.02. The van der Waals surface area contributed by atoms with Crippen LogP contribution in [0.3, 0.4) is 0 Å².